The van der Waals surface area contributed by atoms with Gasteiger partial charge in [-0.1, -0.05) is 0 Å². The first-order valence-electron chi connectivity index (χ1n) is 2.72. The third-order valence-electron chi connectivity index (χ3n) is 0.924. The summed E-state index contributed by atoms with van der Waals surface area (Å²) < 4.78 is 39.7. The number of halogens is 3. The first-order valence-corrected chi connectivity index (χ1v) is 3.35. The van der Waals surface area contributed by atoms with Crippen molar-refractivity contribution in [1.82, 2.24) is 0 Å². The number of alkyl halides is 3. The fraction of sp³-hybridized carbons (Fsp3) is 0.600. The molecule has 7 heteroatoms. The van der Waals surface area contributed by atoms with Crippen LogP contribution < -0.4 is 0 Å². The van der Waals surface area contributed by atoms with Crippen molar-refractivity contribution in [2.24, 2.45) is 0 Å². The second-order valence-corrected chi connectivity index (χ2v) is 1.95. The molecular formula is C5H5F3O3S. The summed E-state index contributed by atoms with van der Waals surface area (Å²) in [7, 11) is 0. The number of carbonyl (C=O) groups excluding carboxylic acids is 2. The molecule has 0 aliphatic carbocycles. The zero-order chi connectivity index (χ0) is 9.78. The molecule has 0 aromatic heterocycles. The average Bonchev–Trinajstić information content (AvgIpc) is 2.03. The van der Waals surface area contributed by atoms with Crippen molar-refractivity contribution >= 4 is 24.4 Å². The standard InChI is InChI=1S/C5H5F3O3S/c6-1-3(9)5(7,8)4(10)11-2-12/h12H,1-2H2. The summed E-state index contributed by atoms with van der Waals surface area (Å²) in [5.74, 6) is -9.19. The molecule has 0 rings (SSSR count). The van der Waals surface area contributed by atoms with Gasteiger partial charge in [0.2, 0.25) is 5.78 Å². The van der Waals surface area contributed by atoms with E-state index in [9.17, 15) is 22.8 Å². The fourth-order valence-corrected chi connectivity index (χ4v) is 0.464. The number of hydrogen-bond donors (Lipinski definition) is 1. The number of ether oxygens (including phenoxy) is 1. The van der Waals surface area contributed by atoms with Crippen LogP contribution in [0.25, 0.3) is 0 Å². The van der Waals surface area contributed by atoms with Gasteiger partial charge in [-0.25, -0.2) is 9.18 Å². The summed E-state index contributed by atoms with van der Waals surface area (Å²) in [6, 6.07) is 0. The molecule has 0 heterocycles. The molecule has 0 aromatic rings. The van der Waals surface area contributed by atoms with Gasteiger partial charge in [0.1, 0.15) is 5.94 Å². The second kappa shape index (κ2) is 4.34. The van der Waals surface area contributed by atoms with Crippen molar-refractivity contribution in [2.45, 2.75) is 5.92 Å². The molecule has 12 heavy (non-hydrogen) atoms. The molecule has 0 aromatic carbocycles. The highest BCUT2D eigenvalue weighted by molar-refractivity contribution is 7.80. The Morgan fingerprint density at radius 1 is 1.42 bits per heavy atom. The Bertz CT molecular complexity index is 194. The van der Waals surface area contributed by atoms with Gasteiger partial charge in [0, 0.05) is 0 Å². The van der Waals surface area contributed by atoms with Crippen molar-refractivity contribution in [2.75, 3.05) is 12.6 Å². The maximum absolute atomic E-state index is 12.3. The number of carbonyl (C=O) groups is 2. The second-order valence-electron chi connectivity index (χ2n) is 1.69. The fourth-order valence-electron chi connectivity index (χ4n) is 0.347. The van der Waals surface area contributed by atoms with Gasteiger partial charge in [-0.3, -0.25) is 4.79 Å². The average molecular weight is 202 g/mol. The third-order valence-corrected chi connectivity index (χ3v) is 1.05. The molecule has 0 spiro atoms. The molecule has 0 radical (unpaired) electrons. The van der Waals surface area contributed by atoms with E-state index in [2.05, 4.69) is 17.4 Å². The van der Waals surface area contributed by atoms with Gasteiger partial charge in [0.15, 0.2) is 6.67 Å². The molecule has 0 atom stereocenters. The lowest BCUT2D eigenvalue weighted by atomic mass is 10.2. The normalized spacial score (nSPS) is 11.0. The maximum Gasteiger partial charge on any atom is 0.402 e. The molecule has 0 aliphatic rings. The van der Waals surface area contributed by atoms with Crippen LogP contribution in [0.4, 0.5) is 13.2 Å². The van der Waals surface area contributed by atoms with E-state index in [1.54, 1.807) is 0 Å². The van der Waals surface area contributed by atoms with E-state index in [-0.39, 0.29) is 0 Å². The van der Waals surface area contributed by atoms with Crippen LogP contribution in [-0.2, 0) is 14.3 Å². The highest BCUT2D eigenvalue weighted by Crippen LogP contribution is 2.17. The molecule has 0 bridgehead atoms. The lowest BCUT2D eigenvalue weighted by Gasteiger charge is -2.10. The molecule has 0 aliphatic heterocycles. The van der Waals surface area contributed by atoms with Crippen LogP contribution in [0.3, 0.4) is 0 Å². The largest absolute Gasteiger partial charge is 0.450 e. The molecule has 0 saturated carbocycles. The molecule has 0 N–H and O–H groups in total. The van der Waals surface area contributed by atoms with Crippen molar-refractivity contribution in [1.29, 1.82) is 0 Å². The molecule has 3 nitrogen and oxygen atoms in total. The number of esters is 1. The lowest BCUT2D eigenvalue weighted by Crippen LogP contribution is -2.40. The summed E-state index contributed by atoms with van der Waals surface area (Å²) in [5.41, 5.74) is 0. The van der Waals surface area contributed by atoms with Crippen molar-refractivity contribution < 1.29 is 27.5 Å². The van der Waals surface area contributed by atoms with Crippen LogP contribution in [0.5, 0.6) is 0 Å². The lowest BCUT2D eigenvalue weighted by molar-refractivity contribution is -0.175. The van der Waals surface area contributed by atoms with Gasteiger partial charge in [-0.15, -0.1) is 12.6 Å². The molecule has 0 unspecified atom stereocenters. The van der Waals surface area contributed by atoms with Crippen LogP contribution >= 0.6 is 12.6 Å². The minimum Gasteiger partial charge on any atom is -0.450 e. The SMILES string of the molecule is O=C(CF)C(F)(F)C(=O)OCS. The van der Waals surface area contributed by atoms with Crippen LogP contribution in [-0.4, -0.2) is 30.3 Å². The van der Waals surface area contributed by atoms with Crippen molar-refractivity contribution in [3.05, 3.63) is 0 Å². The molecule has 0 fully saturated rings. The van der Waals surface area contributed by atoms with Gasteiger partial charge in [0.25, 0.3) is 0 Å². The minimum absolute atomic E-state index is 0.589. The van der Waals surface area contributed by atoms with Gasteiger partial charge in [-0.05, 0) is 0 Å². The van der Waals surface area contributed by atoms with E-state index in [0.29, 0.717) is 0 Å². The monoisotopic (exact) mass is 202 g/mol. The van der Waals surface area contributed by atoms with Gasteiger partial charge in [0.05, 0.1) is 0 Å². The summed E-state index contributed by atoms with van der Waals surface area (Å²) in [6.07, 6.45) is 0. The summed E-state index contributed by atoms with van der Waals surface area (Å²) in [6.45, 7) is -1.91. The number of rotatable bonds is 4. The Labute approximate surface area is 71.3 Å². The molecule has 0 amide bonds. The summed E-state index contributed by atoms with van der Waals surface area (Å²) >= 11 is 3.31. The molecule has 70 valence electrons. The van der Waals surface area contributed by atoms with E-state index in [1.165, 1.54) is 0 Å². The quantitative estimate of drug-likeness (QED) is 0.314. The van der Waals surface area contributed by atoms with Crippen LogP contribution in [0.15, 0.2) is 0 Å². The first-order chi connectivity index (χ1) is 5.46. The minimum atomic E-state index is -4.41. The van der Waals surface area contributed by atoms with E-state index in [0.717, 1.165) is 0 Å². The maximum atomic E-state index is 12.3. The van der Waals surface area contributed by atoms with Crippen LogP contribution in [0.2, 0.25) is 0 Å². The Morgan fingerprint density at radius 2 is 1.92 bits per heavy atom. The number of Topliss-reactive ketones (excluding diaryl/α,β-unsaturated/α-hetero) is 1. The van der Waals surface area contributed by atoms with Crippen LogP contribution in [0.1, 0.15) is 0 Å². The Balaban J connectivity index is 4.38. The van der Waals surface area contributed by atoms with Gasteiger partial charge in [-0.2, -0.15) is 8.78 Å². The third kappa shape index (κ3) is 2.40. The zero-order valence-corrected chi connectivity index (χ0v) is 6.61. The predicted octanol–water partition coefficient (Wildman–Crippen LogP) is 0.591. The Kier molecular flexibility index (Phi) is 4.08. The van der Waals surface area contributed by atoms with E-state index in [4.69, 9.17) is 0 Å². The van der Waals surface area contributed by atoms with E-state index < -0.39 is 30.3 Å². The van der Waals surface area contributed by atoms with Gasteiger partial charge < -0.3 is 4.74 Å². The number of thiol groups is 1. The van der Waals surface area contributed by atoms with E-state index >= 15 is 0 Å². The highest BCUT2D eigenvalue weighted by Gasteiger charge is 2.48. The van der Waals surface area contributed by atoms with E-state index in [1.807, 2.05) is 0 Å². The van der Waals surface area contributed by atoms with Gasteiger partial charge >= 0.3 is 11.9 Å². The summed E-state index contributed by atoms with van der Waals surface area (Å²) in [4.78, 5) is 20.4. The van der Waals surface area contributed by atoms with Crippen molar-refractivity contribution in [3.8, 4) is 0 Å². The Morgan fingerprint density at radius 3 is 2.25 bits per heavy atom. The van der Waals surface area contributed by atoms with Crippen LogP contribution in [0, 0.1) is 0 Å². The number of hydrogen-bond acceptors (Lipinski definition) is 4. The topological polar surface area (TPSA) is 43.4 Å². The smallest absolute Gasteiger partial charge is 0.402 e. The number of ketones is 1. The summed E-state index contributed by atoms with van der Waals surface area (Å²) in [5, 5.41) is 0. The highest BCUT2D eigenvalue weighted by atomic mass is 32.1. The molecular weight excluding hydrogens is 197 g/mol. The Hall–Kier alpha value is -0.720. The predicted molar refractivity (Wildman–Crippen MR) is 35.9 cm³/mol. The zero-order valence-electron chi connectivity index (χ0n) is 5.72. The first kappa shape index (κ1) is 11.3. The van der Waals surface area contributed by atoms with Crippen molar-refractivity contribution in [3.63, 3.8) is 0 Å². The molecule has 0 saturated heterocycles.